The van der Waals surface area contributed by atoms with Crippen LogP contribution in [0.2, 0.25) is 0 Å². The van der Waals surface area contributed by atoms with Gasteiger partial charge in [0.05, 0.1) is 27.2 Å². The number of carbonyl (C=O) groups is 2. The molecule has 2 aromatic rings. The summed E-state index contributed by atoms with van der Waals surface area (Å²) in [5.41, 5.74) is 7.53. The molecule has 2 rings (SSSR count). The molecule has 8 nitrogen and oxygen atoms in total. The third-order valence-electron chi connectivity index (χ3n) is 3.82. The molecule has 152 valence electrons. The fraction of sp³-hybridized carbons (Fsp3) is 0.238. The predicted octanol–water partition coefficient (Wildman–Crippen LogP) is 2.89. The molecule has 0 radical (unpaired) electrons. The Labute approximate surface area is 169 Å². The Morgan fingerprint density at radius 1 is 0.966 bits per heavy atom. The van der Waals surface area contributed by atoms with Crippen LogP contribution >= 0.6 is 0 Å². The Kier molecular flexibility index (Phi) is 8.37. The number of nitrogens with two attached hydrogens (primary N) is 1. The molecule has 0 aliphatic carbocycles. The SMILES string of the molecule is COC(=O)C(CC(N)=NC(=O)OCc1ccccc1)=NCc1ccc(OC)cc1. The van der Waals surface area contributed by atoms with Gasteiger partial charge >= 0.3 is 12.1 Å². The molecule has 0 aliphatic rings. The molecule has 8 heteroatoms. The van der Waals surface area contributed by atoms with Crippen molar-refractivity contribution in [1.82, 2.24) is 0 Å². The number of amidine groups is 1. The maximum atomic E-state index is 12.0. The maximum absolute atomic E-state index is 12.0. The van der Waals surface area contributed by atoms with Crippen LogP contribution in [0.25, 0.3) is 0 Å². The van der Waals surface area contributed by atoms with Gasteiger partial charge in [0, 0.05) is 0 Å². The number of carbonyl (C=O) groups excluding carboxylic acids is 2. The van der Waals surface area contributed by atoms with E-state index in [0.29, 0.717) is 0 Å². The van der Waals surface area contributed by atoms with Gasteiger partial charge in [0.1, 0.15) is 23.9 Å². The summed E-state index contributed by atoms with van der Waals surface area (Å²) in [7, 11) is 2.82. The smallest absolute Gasteiger partial charge is 0.435 e. The first kappa shape index (κ1) is 21.6. The summed E-state index contributed by atoms with van der Waals surface area (Å²) in [6.45, 7) is 0.312. The summed E-state index contributed by atoms with van der Waals surface area (Å²) in [5.74, 6) is -0.0208. The van der Waals surface area contributed by atoms with Crippen molar-refractivity contribution in [2.45, 2.75) is 19.6 Å². The quantitative estimate of drug-likeness (QED) is 0.416. The second kappa shape index (κ2) is 11.2. The van der Waals surface area contributed by atoms with Crippen molar-refractivity contribution in [1.29, 1.82) is 0 Å². The zero-order valence-corrected chi connectivity index (χ0v) is 16.3. The lowest BCUT2D eigenvalue weighted by molar-refractivity contribution is -0.132. The van der Waals surface area contributed by atoms with Crippen LogP contribution in [0.3, 0.4) is 0 Å². The summed E-state index contributed by atoms with van der Waals surface area (Å²) in [6.07, 6.45) is -0.978. The van der Waals surface area contributed by atoms with Crippen molar-refractivity contribution in [3.05, 3.63) is 65.7 Å². The highest BCUT2D eigenvalue weighted by molar-refractivity contribution is 6.40. The number of hydrogen-bond donors (Lipinski definition) is 1. The Morgan fingerprint density at radius 2 is 1.66 bits per heavy atom. The molecular weight excluding hydrogens is 374 g/mol. The van der Waals surface area contributed by atoms with Gasteiger partial charge in [-0.2, -0.15) is 4.99 Å². The van der Waals surface area contributed by atoms with Gasteiger partial charge < -0.3 is 19.9 Å². The van der Waals surface area contributed by atoms with Gasteiger partial charge in [-0.1, -0.05) is 42.5 Å². The van der Waals surface area contributed by atoms with E-state index in [2.05, 4.69) is 9.98 Å². The highest BCUT2D eigenvalue weighted by Gasteiger charge is 2.15. The Balaban J connectivity index is 1.98. The van der Waals surface area contributed by atoms with E-state index in [4.69, 9.17) is 19.9 Å². The van der Waals surface area contributed by atoms with Crippen molar-refractivity contribution in [3.63, 3.8) is 0 Å². The number of amides is 1. The van der Waals surface area contributed by atoms with Crippen molar-refractivity contribution < 1.29 is 23.8 Å². The van der Waals surface area contributed by atoms with Gasteiger partial charge in [-0.3, -0.25) is 4.99 Å². The molecule has 0 fully saturated rings. The van der Waals surface area contributed by atoms with Crippen LogP contribution < -0.4 is 10.5 Å². The molecule has 0 saturated carbocycles. The van der Waals surface area contributed by atoms with E-state index in [0.717, 1.165) is 16.9 Å². The second-order valence-electron chi connectivity index (χ2n) is 5.92. The zero-order valence-electron chi connectivity index (χ0n) is 16.3. The lowest BCUT2D eigenvalue weighted by Crippen LogP contribution is -2.25. The molecule has 0 heterocycles. The van der Waals surface area contributed by atoms with Crippen LogP contribution in [0, 0.1) is 0 Å². The third-order valence-corrected chi connectivity index (χ3v) is 3.82. The monoisotopic (exact) mass is 397 g/mol. The van der Waals surface area contributed by atoms with Gasteiger partial charge in [0.25, 0.3) is 0 Å². The average molecular weight is 397 g/mol. The number of methoxy groups -OCH3 is 2. The van der Waals surface area contributed by atoms with E-state index >= 15 is 0 Å². The van der Waals surface area contributed by atoms with E-state index < -0.39 is 12.1 Å². The number of ether oxygens (including phenoxy) is 3. The van der Waals surface area contributed by atoms with Gasteiger partial charge in [-0.05, 0) is 23.3 Å². The minimum Gasteiger partial charge on any atom is -0.497 e. The topological polar surface area (TPSA) is 113 Å². The zero-order chi connectivity index (χ0) is 21.1. The number of esters is 1. The van der Waals surface area contributed by atoms with E-state index in [1.54, 1.807) is 19.2 Å². The van der Waals surface area contributed by atoms with Crippen molar-refractivity contribution in [2.24, 2.45) is 15.7 Å². The van der Waals surface area contributed by atoms with Crippen LogP contribution in [0.15, 0.2) is 64.6 Å². The number of hydrogen-bond acceptors (Lipinski definition) is 6. The first-order valence-corrected chi connectivity index (χ1v) is 8.80. The van der Waals surface area contributed by atoms with E-state index in [1.807, 2.05) is 42.5 Å². The molecule has 0 bridgehead atoms. The van der Waals surface area contributed by atoms with Crippen LogP contribution in [0.1, 0.15) is 17.5 Å². The molecule has 29 heavy (non-hydrogen) atoms. The molecule has 1 amide bonds. The minimum absolute atomic E-state index is 0.0560. The lowest BCUT2D eigenvalue weighted by atomic mass is 10.2. The largest absolute Gasteiger partial charge is 0.497 e. The molecule has 0 aromatic heterocycles. The summed E-state index contributed by atoms with van der Waals surface area (Å²) in [6, 6.07) is 16.4. The van der Waals surface area contributed by atoms with E-state index in [9.17, 15) is 9.59 Å². The van der Waals surface area contributed by atoms with Crippen LogP contribution in [0.5, 0.6) is 5.75 Å². The highest BCUT2D eigenvalue weighted by atomic mass is 16.5. The van der Waals surface area contributed by atoms with Crippen LogP contribution in [-0.2, 0) is 27.4 Å². The number of aliphatic imine (C=N–C) groups is 2. The number of benzene rings is 2. The fourth-order valence-corrected chi connectivity index (χ4v) is 2.31. The van der Waals surface area contributed by atoms with Gasteiger partial charge in [0.15, 0.2) is 0 Å². The molecular formula is C21H23N3O5. The fourth-order valence-electron chi connectivity index (χ4n) is 2.31. The number of nitrogens with zero attached hydrogens (tertiary/aromatic N) is 2. The molecule has 0 atom stereocenters. The average Bonchev–Trinajstić information content (AvgIpc) is 2.75. The van der Waals surface area contributed by atoms with Crippen molar-refractivity contribution in [3.8, 4) is 5.75 Å². The molecule has 0 unspecified atom stereocenters. The normalized spacial score (nSPS) is 11.7. The molecule has 2 aromatic carbocycles. The van der Waals surface area contributed by atoms with Crippen LogP contribution in [0.4, 0.5) is 4.79 Å². The predicted molar refractivity (Wildman–Crippen MR) is 109 cm³/mol. The standard InChI is InChI=1S/C21H23N3O5/c1-27-17-10-8-15(9-11-17)13-23-18(20(25)28-2)12-19(22)24-21(26)29-14-16-6-4-3-5-7-16/h3-11H,12-14H2,1-2H3,(H2,22,24,26). The minimum atomic E-state index is -0.842. The summed E-state index contributed by atoms with van der Waals surface area (Å²) < 4.78 is 14.9. The summed E-state index contributed by atoms with van der Waals surface area (Å²) in [4.78, 5) is 31.7. The molecule has 0 aliphatic heterocycles. The maximum Gasteiger partial charge on any atom is 0.435 e. The van der Waals surface area contributed by atoms with E-state index in [1.165, 1.54) is 7.11 Å². The van der Waals surface area contributed by atoms with Crippen LogP contribution in [-0.4, -0.2) is 37.8 Å². The molecule has 2 N–H and O–H groups in total. The van der Waals surface area contributed by atoms with Gasteiger partial charge in [-0.15, -0.1) is 0 Å². The van der Waals surface area contributed by atoms with Crippen molar-refractivity contribution >= 4 is 23.6 Å². The summed E-state index contributed by atoms with van der Waals surface area (Å²) >= 11 is 0. The number of rotatable bonds is 8. The highest BCUT2D eigenvalue weighted by Crippen LogP contribution is 2.12. The Bertz CT molecular complexity index is 877. The lowest BCUT2D eigenvalue weighted by Gasteiger charge is -2.06. The van der Waals surface area contributed by atoms with Gasteiger partial charge in [-0.25, -0.2) is 9.59 Å². The van der Waals surface area contributed by atoms with E-state index in [-0.39, 0.29) is 31.1 Å². The first-order chi connectivity index (χ1) is 14.0. The second-order valence-corrected chi connectivity index (χ2v) is 5.92. The Hall–Kier alpha value is -3.68. The molecule has 0 spiro atoms. The molecule has 0 saturated heterocycles. The van der Waals surface area contributed by atoms with Crippen molar-refractivity contribution in [2.75, 3.05) is 14.2 Å². The third kappa shape index (κ3) is 7.45. The first-order valence-electron chi connectivity index (χ1n) is 8.80. The Morgan fingerprint density at radius 3 is 2.28 bits per heavy atom. The van der Waals surface area contributed by atoms with Gasteiger partial charge in [0.2, 0.25) is 0 Å². The summed E-state index contributed by atoms with van der Waals surface area (Å²) in [5, 5.41) is 0.